The van der Waals surface area contributed by atoms with Gasteiger partial charge in [-0.3, -0.25) is 0 Å². The lowest BCUT2D eigenvalue weighted by atomic mass is 10.2. The topological polar surface area (TPSA) is 29.9 Å². The summed E-state index contributed by atoms with van der Waals surface area (Å²) in [5.41, 5.74) is 1.07. The van der Waals surface area contributed by atoms with Crippen LogP contribution in [0.3, 0.4) is 0 Å². The molecule has 5 heteroatoms. The van der Waals surface area contributed by atoms with Gasteiger partial charge in [0.1, 0.15) is 11.5 Å². The van der Waals surface area contributed by atoms with E-state index in [4.69, 9.17) is 0 Å². The summed E-state index contributed by atoms with van der Waals surface area (Å²) in [4.78, 5) is 0. The van der Waals surface area contributed by atoms with Crippen LogP contribution in [0.15, 0.2) is 30.5 Å². The first kappa shape index (κ1) is 13.7. The monoisotopic (exact) mass is 265 g/mol. The van der Waals surface area contributed by atoms with E-state index in [0.717, 1.165) is 18.3 Å². The summed E-state index contributed by atoms with van der Waals surface area (Å²) in [7, 11) is 0. The molecule has 0 bridgehead atoms. The van der Waals surface area contributed by atoms with E-state index in [1.165, 1.54) is 16.8 Å². The van der Waals surface area contributed by atoms with Crippen molar-refractivity contribution in [2.45, 2.75) is 20.4 Å². The highest BCUT2D eigenvalue weighted by Gasteiger charge is 2.07. The Balaban J connectivity index is 2.08. The molecule has 3 nitrogen and oxygen atoms in total. The maximum absolute atomic E-state index is 13.6. The first-order valence-corrected chi connectivity index (χ1v) is 6.27. The summed E-state index contributed by atoms with van der Waals surface area (Å²) in [6.45, 7) is 5.78. The molecule has 0 spiro atoms. The van der Waals surface area contributed by atoms with Crippen molar-refractivity contribution in [3.63, 3.8) is 0 Å². The summed E-state index contributed by atoms with van der Waals surface area (Å²) < 4.78 is 27.8. The van der Waals surface area contributed by atoms with Gasteiger partial charge >= 0.3 is 0 Å². The molecular weight excluding hydrogens is 248 g/mol. The van der Waals surface area contributed by atoms with Gasteiger partial charge in [0, 0.05) is 18.8 Å². The second kappa shape index (κ2) is 5.93. The van der Waals surface area contributed by atoms with Crippen LogP contribution in [0, 0.1) is 17.6 Å². The summed E-state index contributed by atoms with van der Waals surface area (Å²) in [5.74, 6) is -0.645. The van der Waals surface area contributed by atoms with Crippen LogP contribution < -0.4 is 5.32 Å². The lowest BCUT2D eigenvalue weighted by Gasteiger charge is -2.05. The fraction of sp³-hybridized carbons (Fsp3) is 0.357. The summed E-state index contributed by atoms with van der Waals surface area (Å²) in [6.07, 6.45) is 1.67. The van der Waals surface area contributed by atoms with E-state index in [9.17, 15) is 8.78 Å². The van der Waals surface area contributed by atoms with Gasteiger partial charge in [-0.15, -0.1) is 0 Å². The smallest absolute Gasteiger partial charge is 0.151 e. The number of benzene rings is 1. The third kappa shape index (κ3) is 3.61. The van der Waals surface area contributed by atoms with E-state index < -0.39 is 11.6 Å². The molecule has 1 N–H and O–H groups in total. The lowest BCUT2D eigenvalue weighted by molar-refractivity contribution is 0.545. The predicted molar refractivity (Wildman–Crippen MR) is 70.0 cm³/mol. The van der Waals surface area contributed by atoms with Crippen LogP contribution in [-0.4, -0.2) is 16.3 Å². The quantitative estimate of drug-likeness (QED) is 0.901. The average Bonchev–Trinajstić information content (AvgIpc) is 2.77. The van der Waals surface area contributed by atoms with E-state index in [2.05, 4.69) is 24.3 Å². The van der Waals surface area contributed by atoms with E-state index in [1.807, 2.05) is 6.07 Å². The van der Waals surface area contributed by atoms with E-state index >= 15 is 0 Å². The molecule has 2 aromatic rings. The Bertz CT molecular complexity index is 549. The summed E-state index contributed by atoms with van der Waals surface area (Å²) >= 11 is 0. The van der Waals surface area contributed by atoms with E-state index in [0.29, 0.717) is 12.5 Å². The highest BCUT2D eigenvalue weighted by molar-refractivity contribution is 5.33. The molecule has 0 amide bonds. The minimum absolute atomic E-state index is 0.247. The molecule has 1 heterocycles. The fourth-order valence-electron chi connectivity index (χ4n) is 1.75. The van der Waals surface area contributed by atoms with Crippen molar-refractivity contribution in [3.8, 4) is 5.69 Å². The van der Waals surface area contributed by atoms with Crippen LogP contribution >= 0.6 is 0 Å². The normalized spacial score (nSPS) is 11.2. The fourth-order valence-corrected chi connectivity index (χ4v) is 1.75. The van der Waals surface area contributed by atoms with Crippen molar-refractivity contribution in [3.05, 3.63) is 47.8 Å². The Labute approximate surface area is 111 Å². The van der Waals surface area contributed by atoms with Crippen LogP contribution in [0.4, 0.5) is 8.78 Å². The minimum Gasteiger partial charge on any atom is -0.311 e. The zero-order valence-corrected chi connectivity index (χ0v) is 11.0. The molecule has 0 saturated carbocycles. The molecule has 0 saturated heterocycles. The van der Waals surface area contributed by atoms with Crippen LogP contribution in [0.25, 0.3) is 5.69 Å². The number of aromatic nitrogens is 2. The Morgan fingerprint density at radius 2 is 2.05 bits per heavy atom. The molecule has 0 aliphatic carbocycles. The van der Waals surface area contributed by atoms with Gasteiger partial charge in [-0.2, -0.15) is 5.10 Å². The van der Waals surface area contributed by atoms with Gasteiger partial charge in [-0.05, 0) is 30.7 Å². The van der Waals surface area contributed by atoms with Gasteiger partial charge < -0.3 is 5.32 Å². The van der Waals surface area contributed by atoms with Crippen molar-refractivity contribution in [1.82, 2.24) is 15.1 Å². The summed E-state index contributed by atoms with van der Waals surface area (Å²) in [6, 6.07) is 5.27. The summed E-state index contributed by atoms with van der Waals surface area (Å²) in [5, 5.41) is 7.52. The van der Waals surface area contributed by atoms with E-state index in [-0.39, 0.29) is 5.69 Å². The Morgan fingerprint density at radius 3 is 2.74 bits per heavy atom. The molecule has 0 atom stereocenters. The Kier molecular flexibility index (Phi) is 4.27. The van der Waals surface area contributed by atoms with Gasteiger partial charge in [0.15, 0.2) is 5.82 Å². The average molecular weight is 265 g/mol. The number of hydrogen-bond donors (Lipinski definition) is 1. The SMILES string of the molecule is CC(C)CNCc1ccn(-c2ccc(F)cc2F)n1. The molecular formula is C14H17F2N3. The molecule has 0 fully saturated rings. The molecule has 19 heavy (non-hydrogen) atoms. The van der Waals surface area contributed by atoms with Gasteiger partial charge in [-0.1, -0.05) is 13.8 Å². The Morgan fingerprint density at radius 1 is 1.26 bits per heavy atom. The van der Waals surface area contributed by atoms with Crippen molar-refractivity contribution in [1.29, 1.82) is 0 Å². The van der Waals surface area contributed by atoms with Gasteiger partial charge in [0.05, 0.1) is 5.69 Å². The van der Waals surface area contributed by atoms with E-state index in [1.54, 1.807) is 6.20 Å². The third-order valence-electron chi connectivity index (χ3n) is 2.66. The van der Waals surface area contributed by atoms with Gasteiger partial charge in [-0.25, -0.2) is 13.5 Å². The molecule has 0 unspecified atom stereocenters. The molecule has 102 valence electrons. The third-order valence-corrected chi connectivity index (χ3v) is 2.66. The van der Waals surface area contributed by atoms with Crippen molar-refractivity contribution < 1.29 is 8.78 Å². The zero-order valence-electron chi connectivity index (χ0n) is 11.0. The highest BCUT2D eigenvalue weighted by Crippen LogP contribution is 2.14. The van der Waals surface area contributed by atoms with Crippen molar-refractivity contribution in [2.75, 3.05) is 6.54 Å². The predicted octanol–water partition coefficient (Wildman–Crippen LogP) is 2.90. The molecule has 0 aliphatic rings. The minimum atomic E-state index is -0.621. The van der Waals surface area contributed by atoms with Crippen molar-refractivity contribution in [2.24, 2.45) is 5.92 Å². The number of halogens is 2. The lowest BCUT2D eigenvalue weighted by Crippen LogP contribution is -2.19. The second-order valence-electron chi connectivity index (χ2n) is 4.87. The number of nitrogens with one attached hydrogen (secondary N) is 1. The molecule has 1 aromatic heterocycles. The van der Waals surface area contributed by atoms with Crippen LogP contribution in [0.1, 0.15) is 19.5 Å². The number of rotatable bonds is 5. The van der Waals surface area contributed by atoms with Crippen LogP contribution in [-0.2, 0) is 6.54 Å². The molecule has 2 rings (SSSR count). The molecule has 0 aliphatic heterocycles. The standard InChI is InChI=1S/C14H17F2N3/c1-10(2)8-17-9-12-5-6-19(18-12)14-4-3-11(15)7-13(14)16/h3-7,10,17H,8-9H2,1-2H3. The van der Waals surface area contributed by atoms with Crippen LogP contribution in [0.5, 0.6) is 0 Å². The number of nitrogens with zero attached hydrogens (tertiary/aromatic N) is 2. The first-order valence-electron chi connectivity index (χ1n) is 6.27. The van der Waals surface area contributed by atoms with Crippen molar-refractivity contribution >= 4 is 0 Å². The Hall–Kier alpha value is -1.75. The highest BCUT2D eigenvalue weighted by atomic mass is 19.1. The largest absolute Gasteiger partial charge is 0.311 e. The number of hydrogen-bond acceptors (Lipinski definition) is 2. The first-order chi connectivity index (χ1) is 9.06. The maximum Gasteiger partial charge on any atom is 0.151 e. The van der Waals surface area contributed by atoms with Gasteiger partial charge in [0.2, 0.25) is 0 Å². The molecule has 1 aromatic carbocycles. The van der Waals surface area contributed by atoms with Crippen LogP contribution in [0.2, 0.25) is 0 Å². The second-order valence-corrected chi connectivity index (χ2v) is 4.87. The van der Waals surface area contributed by atoms with Gasteiger partial charge in [0.25, 0.3) is 0 Å². The molecule has 0 radical (unpaired) electrons. The maximum atomic E-state index is 13.6. The zero-order chi connectivity index (χ0) is 13.8.